The average Bonchev–Trinajstić information content (AvgIpc) is 2.47. The molecule has 0 saturated carbocycles. The summed E-state index contributed by atoms with van der Waals surface area (Å²) < 4.78 is 0. The normalized spacial score (nSPS) is 12.3. The number of anilines is 1. The highest BCUT2D eigenvalue weighted by Crippen LogP contribution is 2.27. The van der Waals surface area contributed by atoms with Gasteiger partial charge in [0.2, 0.25) is 5.95 Å². The van der Waals surface area contributed by atoms with Crippen molar-refractivity contribution in [2.24, 2.45) is 0 Å². The Morgan fingerprint density at radius 3 is 2.52 bits per heavy atom. The van der Waals surface area contributed by atoms with Gasteiger partial charge in [-0.25, -0.2) is 4.98 Å². The molecule has 1 heterocycles. The van der Waals surface area contributed by atoms with E-state index in [-0.39, 0.29) is 6.04 Å². The first-order valence-electron chi connectivity index (χ1n) is 6.44. The molecular weight excluding hydrogens is 307 g/mol. The monoisotopic (exact) mass is 318 g/mol. The van der Waals surface area contributed by atoms with Crippen molar-refractivity contribution in [2.75, 3.05) is 5.32 Å². The Morgan fingerprint density at radius 1 is 1.00 bits per heavy atom. The number of benzene rings is 2. The molecule has 0 bridgehead atoms. The quantitative estimate of drug-likeness (QED) is 0.772. The zero-order valence-corrected chi connectivity index (χ0v) is 12.7. The van der Waals surface area contributed by atoms with Crippen LogP contribution in [-0.4, -0.2) is 15.2 Å². The summed E-state index contributed by atoms with van der Waals surface area (Å²) in [5, 5.41) is 12.6. The van der Waals surface area contributed by atoms with Gasteiger partial charge in [-0.15, -0.1) is 10.2 Å². The van der Waals surface area contributed by atoms with E-state index in [0.29, 0.717) is 16.0 Å². The van der Waals surface area contributed by atoms with Crippen molar-refractivity contribution in [1.82, 2.24) is 15.2 Å². The molecule has 0 aliphatic heterocycles. The van der Waals surface area contributed by atoms with E-state index in [1.54, 1.807) is 12.1 Å². The van der Waals surface area contributed by atoms with E-state index >= 15 is 0 Å². The molecule has 21 heavy (non-hydrogen) atoms. The summed E-state index contributed by atoms with van der Waals surface area (Å²) in [6, 6.07) is 12.9. The maximum atomic E-state index is 6.20. The van der Waals surface area contributed by atoms with Crippen LogP contribution in [0.5, 0.6) is 0 Å². The number of nitrogens with zero attached hydrogens (tertiary/aromatic N) is 3. The lowest BCUT2D eigenvalue weighted by Gasteiger charge is -2.15. The highest BCUT2D eigenvalue weighted by molar-refractivity contribution is 6.35. The van der Waals surface area contributed by atoms with Crippen LogP contribution in [0.4, 0.5) is 5.95 Å². The van der Waals surface area contributed by atoms with Gasteiger partial charge in [0.1, 0.15) is 5.52 Å². The Morgan fingerprint density at radius 2 is 1.76 bits per heavy atom. The van der Waals surface area contributed by atoms with Gasteiger partial charge in [-0.2, -0.15) is 0 Å². The number of hydrogen-bond acceptors (Lipinski definition) is 4. The lowest BCUT2D eigenvalue weighted by molar-refractivity contribution is 0.849. The molecule has 0 spiro atoms. The van der Waals surface area contributed by atoms with Crippen molar-refractivity contribution in [1.29, 1.82) is 0 Å². The molecule has 1 unspecified atom stereocenters. The topological polar surface area (TPSA) is 50.7 Å². The standard InChI is InChI=1S/C15H12Cl2N4/c1-9(11-7-6-10(16)8-12(11)17)18-15-19-13-4-2-3-5-14(13)20-21-15/h2-9H,1H3,(H,18,19,21). The first-order valence-corrected chi connectivity index (χ1v) is 7.20. The van der Waals surface area contributed by atoms with E-state index in [1.165, 1.54) is 0 Å². The van der Waals surface area contributed by atoms with Gasteiger partial charge in [-0.05, 0) is 36.8 Å². The van der Waals surface area contributed by atoms with Crippen molar-refractivity contribution in [2.45, 2.75) is 13.0 Å². The molecule has 2 aromatic carbocycles. The predicted molar refractivity (Wildman–Crippen MR) is 85.8 cm³/mol. The van der Waals surface area contributed by atoms with Crippen LogP contribution >= 0.6 is 23.2 Å². The van der Waals surface area contributed by atoms with Crippen LogP contribution in [0.2, 0.25) is 10.0 Å². The van der Waals surface area contributed by atoms with E-state index in [4.69, 9.17) is 23.2 Å². The molecule has 6 heteroatoms. The molecule has 0 fully saturated rings. The second kappa shape index (κ2) is 5.84. The second-order valence-corrected chi connectivity index (χ2v) is 5.50. The highest BCUT2D eigenvalue weighted by Gasteiger charge is 2.12. The molecule has 1 aromatic heterocycles. The summed E-state index contributed by atoms with van der Waals surface area (Å²) in [6.07, 6.45) is 0. The smallest absolute Gasteiger partial charge is 0.243 e. The van der Waals surface area contributed by atoms with Crippen molar-refractivity contribution >= 4 is 40.2 Å². The van der Waals surface area contributed by atoms with E-state index in [9.17, 15) is 0 Å². The number of nitrogens with one attached hydrogen (secondary N) is 1. The van der Waals surface area contributed by atoms with E-state index in [0.717, 1.165) is 16.6 Å². The summed E-state index contributed by atoms with van der Waals surface area (Å²) >= 11 is 12.1. The third-order valence-corrected chi connectivity index (χ3v) is 3.70. The molecule has 0 saturated heterocycles. The fraction of sp³-hybridized carbons (Fsp3) is 0.133. The van der Waals surface area contributed by atoms with Crippen molar-refractivity contribution in [3.8, 4) is 0 Å². The van der Waals surface area contributed by atoms with Gasteiger partial charge < -0.3 is 5.32 Å². The molecule has 1 N–H and O–H groups in total. The number of aromatic nitrogens is 3. The third-order valence-electron chi connectivity index (χ3n) is 3.14. The number of fused-ring (bicyclic) bond motifs is 1. The minimum absolute atomic E-state index is 0.0577. The van der Waals surface area contributed by atoms with Gasteiger partial charge >= 0.3 is 0 Å². The van der Waals surface area contributed by atoms with Crippen LogP contribution in [0.25, 0.3) is 11.0 Å². The second-order valence-electron chi connectivity index (χ2n) is 4.66. The maximum absolute atomic E-state index is 6.20. The Kier molecular flexibility index (Phi) is 3.90. The van der Waals surface area contributed by atoms with Gasteiger partial charge in [0.15, 0.2) is 0 Å². The fourth-order valence-corrected chi connectivity index (χ4v) is 2.64. The molecule has 4 nitrogen and oxygen atoms in total. The number of rotatable bonds is 3. The number of halogens is 2. The largest absolute Gasteiger partial charge is 0.346 e. The van der Waals surface area contributed by atoms with Crippen LogP contribution in [0, 0.1) is 0 Å². The molecule has 0 amide bonds. The van der Waals surface area contributed by atoms with E-state index < -0.39 is 0 Å². The Hall–Kier alpha value is -1.91. The van der Waals surface area contributed by atoms with Crippen molar-refractivity contribution in [3.63, 3.8) is 0 Å². The Balaban J connectivity index is 1.87. The maximum Gasteiger partial charge on any atom is 0.243 e. The van der Waals surface area contributed by atoms with Crippen LogP contribution < -0.4 is 5.32 Å². The van der Waals surface area contributed by atoms with Crippen molar-refractivity contribution < 1.29 is 0 Å². The average molecular weight is 319 g/mol. The van der Waals surface area contributed by atoms with Crippen LogP contribution in [0.1, 0.15) is 18.5 Å². The minimum atomic E-state index is -0.0577. The Bertz CT molecular complexity index is 791. The summed E-state index contributed by atoms with van der Waals surface area (Å²) in [7, 11) is 0. The van der Waals surface area contributed by atoms with Crippen LogP contribution in [0.15, 0.2) is 42.5 Å². The van der Waals surface area contributed by atoms with Gasteiger partial charge in [0.05, 0.1) is 11.6 Å². The van der Waals surface area contributed by atoms with Gasteiger partial charge in [-0.1, -0.05) is 41.4 Å². The number of para-hydroxylation sites is 1. The zero-order valence-electron chi connectivity index (χ0n) is 11.2. The third kappa shape index (κ3) is 3.06. The lowest BCUT2D eigenvalue weighted by Crippen LogP contribution is -2.10. The first-order chi connectivity index (χ1) is 10.1. The van der Waals surface area contributed by atoms with Crippen molar-refractivity contribution in [3.05, 3.63) is 58.1 Å². The SMILES string of the molecule is CC(Nc1nnc2ccccc2n1)c1ccc(Cl)cc1Cl. The van der Waals surface area contributed by atoms with Gasteiger partial charge in [0.25, 0.3) is 0 Å². The lowest BCUT2D eigenvalue weighted by atomic mass is 10.1. The number of hydrogen-bond donors (Lipinski definition) is 1. The van der Waals surface area contributed by atoms with E-state index in [1.807, 2.05) is 37.3 Å². The summed E-state index contributed by atoms with van der Waals surface area (Å²) in [4.78, 5) is 4.43. The molecule has 0 radical (unpaired) electrons. The molecule has 0 aliphatic rings. The molecule has 1 atom stereocenters. The van der Waals surface area contributed by atoms with Gasteiger partial charge in [-0.3, -0.25) is 0 Å². The summed E-state index contributed by atoms with van der Waals surface area (Å²) in [5.41, 5.74) is 2.49. The molecular formula is C15H12Cl2N4. The fourth-order valence-electron chi connectivity index (χ4n) is 2.07. The van der Waals surface area contributed by atoms with E-state index in [2.05, 4.69) is 20.5 Å². The predicted octanol–water partition coefficient (Wildman–Crippen LogP) is 4.50. The van der Waals surface area contributed by atoms with Crippen LogP contribution in [0.3, 0.4) is 0 Å². The highest BCUT2D eigenvalue weighted by atomic mass is 35.5. The molecule has 0 aliphatic carbocycles. The molecule has 3 aromatic rings. The molecule has 3 rings (SSSR count). The van der Waals surface area contributed by atoms with Gasteiger partial charge in [0, 0.05) is 10.0 Å². The first kappa shape index (κ1) is 14.0. The minimum Gasteiger partial charge on any atom is -0.346 e. The molecule has 106 valence electrons. The zero-order chi connectivity index (χ0) is 14.8. The Labute approximate surface area is 132 Å². The summed E-state index contributed by atoms with van der Waals surface area (Å²) in [6.45, 7) is 1.98. The van der Waals surface area contributed by atoms with Crippen LogP contribution in [-0.2, 0) is 0 Å². The summed E-state index contributed by atoms with van der Waals surface area (Å²) in [5.74, 6) is 0.465.